The molecule has 0 radical (unpaired) electrons. The van der Waals surface area contributed by atoms with Gasteiger partial charge in [0, 0.05) is 24.5 Å². The van der Waals surface area contributed by atoms with Gasteiger partial charge in [-0.1, -0.05) is 6.07 Å². The van der Waals surface area contributed by atoms with Crippen molar-refractivity contribution >= 4 is 11.4 Å². The quantitative estimate of drug-likeness (QED) is 0.555. The van der Waals surface area contributed by atoms with Crippen molar-refractivity contribution in [1.29, 1.82) is 0 Å². The highest BCUT2D eigenvalue weighted by molar-refractivity contribution is 5.68. The summed E-state index contributed by atoms with van der Waals surface area (Å²) in [7, 11) is 0. The van der Waals surface area contributed by atoms with Crippen LogP contribution in [0.3, 0.4) is 0 Å². The maximum atomic E-state index is 9.66. The zero-order valence-corrected chi connectivity index (χ0v) is 16.7. The standard InChI is InChI=1S/C21H36N4O2/c1-17-18(24(13-15-26)20-9-2-4-11-22-20)7-6-8-19(17)25(14-16-27)21-10-3-5-12-23-21/h6-8,20-23,26-27H,2-5,9-16H2,1H3. The average Bonchev–Trinajstić information content (AvgIpc) is 2.72. The Kier molecular flexibility index (Phi) is 7.76. The maximum Gasteiger partial charge on any atom is 0.0796 e. The molecular formula is C21H36N4O2. The molecule has 2 atom stereocenters. The second-order valence-electron chi connectivity index (χ2n) is 7.69. The molecule has 0 amide bonds. The largest absolute Gasteiger partial charge is 0.395 e. The zero-order valence-electron chi connectivity index (χ0n) is 16.7. The number of aliphatic hydroxyl groups is 2. The molecule has 0 aromatic heterocycles. The lowest BCUT2D eigenvalue weighted by atomic mass is 10.0. The van der Waals surface area contributed by atoms with E-state index in [4.69, 9.17) is 0 Å². The number of hydrogen-bond donors (Lipinski definition) is 4. The number of piperidine rings is 2. The molecule has 0 aliphatic carbocycles. The van der Waals surface area contributed by atoms with Crippen LogP contribution in [0, 0.1) is 6.92 Å². The Hall–Kier alpha value is -1.34. The zero-order chi connectivity index (χ0) is 19.1. The van der Waals surface area contributed by atoms with Gasteiger partial charge >= 0.3 is 0 Å². The van der Waals surface area contributed by atoms with Crippen LogP contribution in [-0.2, 0) is 0 Å². The third kappa shape index (κ3) is 4.93. The highest BCUT2D eigenvalue weighted by atomic mass is 16.3. The lowest BCUT2D eigenvalue weighted by Crippen LogP contribution is -2.51. The molecule has 2 fully saturated rings. The Morgan fingerprint density at radius 2 is 1.33 bits per heavy atom. The van der Waals surface area contributed by atoms with Crippen LogP contribution in [0.1, 0.15) is 44.1 Å². The summed E-state index contributed by atoms with van der Waals surface area (Å²) in [6.07, 6.45) is 7.66. The third-order valence-electron chi connectivity index (χ3n) is 5.90. The molecule has 2 heterocycles. The molecule has 4 N–H and O–H groups in total. The van der Waals surface area contributed by atoms with Crippen molar-refractivity contribution in [2.24, 2.45) is 0 Å². The number of benzene rings is 1. The minimum Gasteiger partial charge on any atom is -0.395 e. The summed E-state index contributed by atoms with van der Waals surface area (Å²) in [5.41, 5.74) is 3.58. The average molecular weight is 377 g/mol. The summed E-state index contributed by atoms with van der Waals surface area (Å²) in [6.45, 7) is 5.79. The number of rotatable bonds is 8. The van der Waals surface area contributed by atoms with E-state index in [1.54, 1.807) is 0 Å². The van der Waals surface area contributed by atoms with Crippen molar-refractivity contribution in [3.8, 4) is 0 Å². The predicted octanol–water partition coefficient (Wildman–Crippen LogP) is 1.79. The Morgan fingerprint density at radius 3 is 1.70 bits per heavy atom. The summed E-state index contributed by atoms with van der Waals surface area (Å²) in [4.78, 5) is 4.65. The van der Waals surface area contributed by atoms with E-state index in [1.165, 1.54) is 42.6 Å². The Bertz CT molecular complexity index is 525. The molecule has 6 heteroatoms. The molecule has 2 saturated heterocycles. The van der Waals surface area contributed by atoms with Crippen LogP contribution in [0.15, 0.2) is 18.2 Å². The highest BCUT2D eigenvalue weighted by Crippen LogP contribution is 2.33. The van der Waals surface area contributed by atoms with Gasteiger partial charge in [-0.05, 0) is 76.2 Å². The molecule has 0 saturated carbocycles. The van der Waals surface area contributed by atoms with Gasteiger partial charge in [0.2, 0.25) is 0 Å². The fourth-order valence-electron chi connectivity index (χ4n) is 4.54. The van der Waals surface area contributed by atoms with Crippen LogP contribution in [0.25, 0.3) is 0 Å². The minimum atomic E-state index is 0.145. The number of anilines is 2. The predicted molar refractivity (Wildman–Crippen MR) is 111 cm³/mol. The van der Waals surface area contributed by atoms with E-state index in [1.807, 2.05) is 0 Å². The second kappa shape index (κ2) is 10.3. The Labute approximate surface area is 163 Å². The first-order valence-electron chi connectivity index (χ1n) is 10.6. The monoisotopic (exact) mass is 376 g/mol. The van der Waals surface area contributed by atoms with Crippen molar-refractivity contribution in [3.63, 3.8) is 0 Å². The van der Waals surface area contributed by atoms with E-state index in [-0.39, 0.29) is 25.5 Å². The van der Waals surface area contributed by atoms with Crippen molar-refractivity contribution in [2.75, 3.05) is 49.2 Å². The summed E-state index contributed by atoms with van der Waals surface area (Å²) in [5.74, 6) is 0. The van der Waals surface area contributed by atoms with Crippen molar-refractivity contribution < 1.29 is 10.2 Å². The molecule has 27 heavy (non-hydrogen) atoms. The first kappa shape index (κ1) is 20.4. The molecule has 1 aromatic carbocycles. The lowest BCUT2D eigenvalue weighted by Gasteiger charge is -2.40. The molecule has 2 unspecified atom stereocenters. The number of hydrogen-bond acceptors (Lipinski definition) is 6. The molecule has 1 aromatic rings. The molecule has 2 aliphatic heterocycles. The van der Waals surface area contributed by atoms with E-state index in [0.717, 1.165) is 25.9 Å². The molecular weight excluding hydrogens is 340 g/mol. The van der Waals surface area contributed by atoms with Gasteiger partial charge in [0.15, 0.2) is 0 Å². The summed E-state index contributed by atoms with van der Waals surface area (Å²) in [6, 6.07) is 6.43. The van der Waals surface area contributed by atoms with Crippen molar-refractivity contribution in [2.45, 2.75) is 57.8 Å². The first-order chi connectivity index (χ1) is 13.3. The first-order valence-corrected chi connectivity index (χ1v) is 10.6. The second-order valence-corrected chi connectivity index (χ2v) is 7.69. The maximum absolute atomic E-state index is 9.66. The van der Waals surface area contributed by atoms with Crippen LogP contribution in [0.5, 0.6) is 0 Å². The van der Waals surface area contributed by atoms with Gasteiger partial charge in [0.1, 0.15) is 0 Å². The van der Waals surface area contributed by atoms with E-state index in [2.05, 4.69) is 45.6 Å². The van der Waals surface area contributed by atoms with Crippen LogP contribution in [0.2, 0.25) is 0 Å². The fourth-order valence-corrected chi connectivity index (χ4v) is 4.54. The molecule has 2 aliphatic rings. The van der Waals surface area contributed by atoms with Gasteiger partial charge in [0.25, 0.3) is 0 Å². The fraction of sp³-hybridized carbons (Fsp3) is 0.714. The molecule has 3 rings (SSSR count). The van der Waals surface area contributed by atoms with E-state index in [9.17, 15) is 10.2 Å². The summed E-state index contributed by atoms with van der Waals surface area (Å²) >= 11 is 0. The molecule has 152 valence electrons. The number of aliphatic hydroxyl groups excluding tert-OH is 2. The summed E-state index contributed by atoms with van der Waals surface area (Å²) < 4.78 is 0. The summed E-state index contributed by atoms with van der Waals surface area (Å²) in [5, 5.41) is 26.6. The SMILES string of the molecule is Cc1c(N(CCO)C2CCCCN2)cccc1N(CCO)C1CCCCN1. The molecule has 6 nitrogen and oxygen atoms in total. The minimum absolute atomic E-state index is 0.145. The van der Waals surface area contributed by atoms with Gasteiger partial charge in [-0.25, -0.2) is 0 Å². The van der Waals surface area contributed by atoms with Gasteiger partial charge in [-0.2, -0.15) is 0 Å². The van der Waals surface area contributed by atoms with Crippen LogP contribution in [0.4, 0.5) is 11.4 Å². The smallest absolute Gasteiger partial charge is 0.0796 e. The van der Waals surface area contributed by atoms with Crippen molar-refractivity contribution in [3.05, 3.63) is 23.8 Å². The van der Waals surface area contributed by atoms with Crippen molar-refractivity contribution in [1.82, 2.24) is 10.6 Å². The van der Waals surface area contributed by atoms with Gasteiger partial charge < -0.3 is 20.0 Å². The van der Waals surface area contributed by atoms with Gasteiger partial charge in [-0.15, -0.1) is 0 Å². The Balaban J connectivity index is 1.89. The van der Waals surface area contributed by atoms with E-state index >= 15 is 0 Å². The van der Waals surface area contributed by atoms with Crippen LogP contribution >= 0.6 is 0 Å². The highest BCUT2D eigenvalue weighted by Gasteiger charge is 2.26. The topological polar surface area (TPSA) is 71.0 Å². The van der Waals surface area contributed by atoms with Gasteiger partial charge in [0.05, 0.1) is 25.5 Å². The van der Waals surface area contributed by atoms with E-state index < -0.39 is 0 Å². The van der Waals surface area contributed by atoms with E-state index in [0.29, 0.717) is 13.1 Å². The third-order valence-corrected chi connectivity index (χ3v) is 5.90. The number of nitrogens with zero attached hydrogens (tertiary/aromatic N) is 2. The van der Waals surface area contributed by atoms with Crippen LogP contribution in [-0.4, -0.2) is 61.9 Å². The lowest BCUT2D eigenvalue weighted by molar-refractivity contribution is 0.284. The Morgan fingerprint density at radius 1 is 0.852 bits per heavy atom. The number of nitrogens with one attached hydrogen (secondary N) is 2. The normalized spacial score (nSPS) is 23.2. The molecule has 0 bridgehead atoms. The van der Waals surface area contributed by atoms with Gasteiger partial charge in [-0.3, -0.25) is 10.6 Å². The van der Waals surface area contributed by atoms with Crippen LogP contribution < -0.4 is 20.4 Å². The molecule has 0 spiro atoms.